The van der Waals surface area contributed by atoms with Crippen LogP contribution in [0.4, 0.5) is 0 Å². The Hall–Kier alpha value is -1.40. The van der Waals surface area contributed by atoms with Gasteiger partial charge in [-0.15, -0.1) is 5.92 Å². The Morgan fingerprint density at radius 3 is 3.08 bits per heavy atom. The van der Waals surface area contributed by atoms with E-state index in [1.165, 1.54) is 0 Å². The van der Waals surface area contributed by atoms with Crippen molar-refractivity contribution in [3.05, 3.63) is 23.8 Å². The third-order valence-corrected chi connectivity index (χ3v) is 1.53. The second-order valence-electron chi connectivity index (χ2n) is 2.63. The lowest BCUT2D eigenvalue weighted by atomic mass is 10.4. The minimum Gasteiger partial charge on any atom is -0.301 e. The van der Waals surface area contributed by atoms with E-state index in [0.717, 1.165) is 18.1 Å². The molecule has 1 heterocycles. The van der Waals surface area contributed by atoms with Crippen LogP contribution in [-0.2, 0) is 6.54 Å². The maximum Gasteiger partial charge on any atom is 0.125 e. The second kappa shape index (κ2) is 5.28. The molecule has 0 spiro atoms. The minimum atomic E-state index is 0.708. The molecule has 1 N–H and O–H groups in total. The summed E-state index contributed by atoms with van der Waals surface area (Å²) < 4.78 is 0. The van der Waals surface area contributed by atoms with Crippen LogP contribution in [0.25, 0.3) is 0 Å². The molecule has 0 fully saturated rings. The Kier molecular flexibility index (Phi) is 3.94. The van der Waals surface area contributed by atoms with E-state index in [4.69, 9.17) is 0 Å². The molecule has 13 heavy (non-hydrogen) atoms. The summed E-state index contributed by atoms with van der Waals surface area (Å²) in [5.41, 5.74) is 1.01. The van der Waals surface area contributed by atoms with Crippen molar-refractivity contribution in [2.24, 2.45) is 0 Å². The van der Waals surface area contributed by atoms with Crippen LogP contribution >= 0.6 is 0 Å². The van der Waals surface area contributed by atoms with E-state index in [2.05, 4.69) is 27.1 Å². The molecule has 0 saturated heterocycles. The zero-order chi connectivity index (χ0) is 9.52. The third-order valence-electron chi connectivity index (χ3n) is 1.53. The molecule has 0 saturated carbocycles. The predicted octanol–water partition coefficient (Wildman–Crippen LogP) is 0.898. The van der Waals surface area contributed by atoms with Crippen LogP contribution in [0.1, 0.15) is 18.4 Å². The molecule has 0 aliphatic rings. The van der Waals surface area contributed by atoms with Gasteiger partial charge in [0.15, 0.2) is 0 Å². The van der Waals surface area contributed by atoms with Gasteiger partial charge in [0.2, 0.25) is 0 Å². The molecule has 0 radical (unpaired) electrons. The number of hydrogen-bond donors (Lipinski definition) is 1. The van der Waals surface area contributed by atoms with Crippen molar-refractivity contribution in [2.45, 2.75) is 20.4 Å². The summed E-state index contributed by atoms with van der Waals surface area (Å²) in [6.07, 6.45) is 1.77. The van der Waals surface area contributed by atoms with Gasteiger partial charge in [-0.2, -0.15) is 0 Å². The van der Waals surface area contributed by atoms with Gasteiger partial charge in [0.05, 0.1) is 12.2 Å². The van der Waals surface area contributed by atoms with Crippen molar-refractivity contribution in [3.8, 4) is 11.8 Å². The van der Waals surface area contributed by atoms with E-state index in [-0.39, 0.29) is 0 Å². The molecule has 1 aromatic heterocycles. The first kappa shape index (κ1) is 9.69. The van der Waals surface area contributed by atoms with Crippen LogP contribution in [-0.4, -0.2) is 16.5 Å². The predicted molar refractivity (Wildman–Crippen MR) is 51.9 cm³/mol. The molecule has 68 valence electrons. The molecule has 0 aromatic carbocycles. The quantitative estimate of drug-likeness (QED) is 0.548. The highest BCUT2D eigenvalue weighted by Crippen LogP contribution is 1.92. The Morgan fingerprint density at radius 1 is 1.54 bits per heavy atom. The highest BCUT2D eigenvalue weighted by atomic mass is 14.9. The summed E-state index contributed by atoms with van der Waals surface area (Å²) >= 11 is 0. The topological polar surface area (TPSA) is 37.8 Å². The van der Waals surface area contributed by atoms with Crippen LogP contribution in [0.3, 0.4) is 0 Å². The standard InChI is InChI=1S/C10H13N3/c1-3-4-6-11-8-10-5-7-12-9(2)13-10/h5,7,11H,6,8H2,1-2H3. The molecular weight excluding hydrogens is 162 g/mol. The Morgan fingerprint density at radius 2 is 2.38 bits per heavy atom. The van der Waals surface area contributed by atoms with Crippen LogP contribution in [0.5, 0.6) is 0 Å². The van der Waals surface area contributed by atoms with E-state index in [1.807, 2.05) is 19.9 Å². The molecule has 0 aliphatic carbocycles. The molecular formula is C10H13N3. The molecule has 0 aliphatic heterocycles. The minimum absolute atomic E-state index is 0.708. The Labute approximate surface area is 78.6 Å². The highest BCUT2D eigenvalue weighted by Gasteiger charge is 1.93. The van der Waals surface area contributed by atoms with Gasteiger partial charge < -0.3 is 5.32 Å². The van der Waals surface area contributed by atoms with E-state index in [9.17, 15) is 0 Å². The molecule has 1 aromatic rings. The van der Waals surface area contributed by atoms with Crippen molar-refractivity contribution in [3.63, 3.8) is 0 Å². The summed E-state index contributed by atoms with van der Waals surface area (Å²) in [7, 11) is 0. The van der Waals surface area contributed by atoms with E-state index < -0.39 is 0 Å². The summed E-state index contributed by atoms with van der Waals surface area (Å²) in [6, 6.07) is 1.90. The number of aryl methyl sites for hydroxylation is 1. The lowest BCUT2D eigenvalue weighted by Gasteiger charge is -2.00. The number of nitrogens with zero attached hydrogens (tertiary/aromatic N) is 2. The number of hydrogen-bond acceptors (Lipinski definition) is 3. The number of aromatic nitrogens is 2. The summed E-state index contributed by atoms with van der Waals surface area (Å²) in [4.78, 5) is 8.27. The van der Waals surface area contributed by atoms with Crippen molar-refractivity contribution in [2.75, 3.05) is 6.54 Å². The van der Waals surface area contributed by atoms with Gasteiger partial charge >= 0.3 is 0 Å². The first-order valence-electron chi connectivity index (χ1n) is 4.22. The fourth-order valence-electron chi connectivity index (χ4n) is 0.945. The first-order valence-corrected chi connectivity index (χ1v) is 4.22. The SMILES string of the molecule is CC#CCNCc1ccnc(C)n1. The summed E-state index contributed by atoms with van der Waals surface area (Å²) in [5.74, 6) is 6.56. The lowest BCUT2D eigenvalue weighted by molar-refractivity contribution is 0.740. The van der Waals surface area contributed by atoms with E-state index >= 15 is 0 Å². The van der Waals surface area contributed by atoms with Gasteiger partial charge in [0.1, 0.15) is 5.82 Å². The Balaban J connectivity index is 2.39. The maximum atomic E-state index is 4.25. The average Bonchev–Trinajstić information content (AvgIpc) is 2.13. The summed E-state index contributed by atoms with van der Waals surface area (Å²) in [5, 5.41) is 3.17. The first-order chi connectivity index (χ1) is 6.33. The van der Waals surface area contributed by atoms with Crippen molar-refractivity contribution in [1.29, 1.82) is 0 Å². The molecule has 0 unspecified atom stereocenters. The maximum absolute atomic E-state index is 4.25. The fraction of sp³-hybridized carbons (Fsp3) is 0.400. The lowest BCUT2D eigenvalue weighted by Crippen LogP contribution is -2.14. The zero-order valence-electron chi connectivity index (χ0n) is 7.96. The average molecular weight is 175 g/mol. The largest absolute Gasteiger partial charge is 0.301 e. The third kappa shape index (κ3) is 3.68. The fourth-order valence-corrected chi connectivity index (χ4v) is 0.945. The highest BCUT2D eigenvalue weighted by molar-refractivity contribution is 5.02. The molecule has 3 nitrogen and oxygen atoms in total. The van der Waals surface area contributed by atoms with Crippen molar-refractivity contribution in [1.82, 2.24) is 15.3 Å². The van der Waals surface area contributed by atoms with Crippen LogP contribution in [0, 0.1) is 18.8 Å². The van der Waals surface area contributed by atoms with Gasteiger partial charge in [0, 0.05) is 12.7 Å². The molecule has 3 heteroatoms. The van der Waals surface area contributed by atoms with E-state index in [1.54, 1.807) is 6.20 Å². The smallest absolute Gasteiger partial charge is 0.125 e. The summed E-state index contributed by atoms with van der Waals surface area (Å²) in [6.45, 7) is 5.17. The Bertz CT molecular complexity index is 322. The van der Waals surface area contributed by atoms with Gasteiger partial charge in [0.25, 0.3) is 0 Å². The van der Waals surface area contributed by atoms with Crippen LogP contribution < -0.4 is 5.32 Å². The van der Waals surface area contributed by atoms with Crippen LogP contribution in [0.2, 0.25) is 0 Å². The zero-order valence-corrected chi connectivity index (χ0v) is 7.96. The molecule has 0 bridgehead atoms. The van der Waals surface area contributed by atoms with Gasteiger partial charge in [-0.05, 0) is 19.9 Å². The van der Waals surface area contributed by atoms with Gasteiger partial charge in [-0.25, -0.2) is 9.97 Å². The van der Waals surface area contributed by atoms with Gasteiger partial charge in [-0.3, -0.25) is 0 Å². The van der Waals surface area contributed by atoms with Crippen molar-refractivity contribution >= 4 is 0 Å². The van der Waals surface area contributed by atoms with Gasteiger partial charge in [-0.1, -0.05) is 5.92 Å². The number of rotatable bonds is 3. The molecule has 0 atom stereocenters. The van der Waals surface area contributed by atoms with Crippen LogP contribution in [0.15, 0.2) is 12.3 Å². The number of nitrogens with one attached hydrogen (secondary N) is 1. The van der Waals surface area contributed by atoms with E-state index in [0.29, 0.717) is 6.54 Å². The second-order valence-corrected chi connectivity index (χ2v) is 2.63. The van der Waals surface area contributed by atoms with Crippen molar-refractivity contribution < 1.29 is 0 Å². The monoisotopic (exact) mass is 175 g/mol. The normalized spacial score (nSPS) is 9.08. The molecule has 0 amide bonds. The molecule has 1 rings (SSSR count).